The van der Waals surface area contributed by atoms with Crippen molar-refractivity contribution >= 4 is 56.2 Å². The molecule has 2 aliphatic heterocycles. The van der Waals surface area contributed by atoms with Gasteiger partial charge in [0.25, 0.3) is 5.91 Å². The van der Waals surface area contributed by atoms with E-state index in [0.717, 1.165) is 11.3 Å². The summed E-state index contributed by atoms with van der Waals surface area (Å²) in [5, 5.41) is 3.20. The van der Waals surface area contributed by atoms with Gasteiger partial charge in [0.1, 0.15) is 5.69 Å². The molecule has 1 N–H and O–H groups in total. The number of nitrogens with zero attached hydrogens (tertiary/aromatic N) is 6. The monoisotopic (exact) mass is 519 g/mol. The number of rotatable bonds is 4. The number of hydrogen-bond acceptors (Lipinski definition) is 7. The van der Waals surface area contributed by atoms with Gasteiger partial charge in [-0.3, -0.25) is 9.59 Å². The Labute approximate surface area is 216 Å². The van der Waals surface area contributed by atoms with E-state index in [4.69, 9.17) is 4.98 Å². The van der Waals surface area contributed by atoms with Gasteiger partial charge in [0.15, 0.2) is 5.82 Å². The maximum Gasteiger partial charge on any atom is 0.260 e. The molecule has 1 atom stereocenters. The van der Waals surface area contributed by atoms with Crippen LogP contribution >= 0.6 is 0 Å². The fourth-order valence-corrected chi connectivity index (χ4v) is 6.14. The first kappa shape index (κ1) is 24.7. The molecule has 192 valence electrons. The lowest BCUT2D eigenvalue weighted by atomic mass is 10.1. The molecule has 0 bridgehead atoms. The Hall–Kier alpha value is -3.96. The second-order valence-corrected chi connectivity index (χ2v) is 11.5. The normalized spacial score (nSPS) is 17.2. The van der Waals surface area contributed by atoms with E-state index in [1.807, 2.05) is 43.1 Å². The number of amides is 2. The van der Waals surface area contributed by atoms with Gasteiger partial charge < -0.3 is 20.0 Å². The fourth-order valence-electron chi connectivity index (χ4n) is 4.54. The molecule has 0 radical (unpaired) electrons. The van der Waals surface area contributed by atoms with Crippen LogP contribution in [0.3, 0.4) is 0 Å². The van der Waals surface area contributed by atoms with Crippen LogP contribution in [0.25, 0.3) is 0 Å². The number of aromatic nitrogens is 2. The summed E-state index contributed by atoms with van der Waals surface area (Å²) >= 11 is 0. The van der Waals surface area contributed by atoms with Crippen molar-refractivity contribution in [3.8, 4) is 0 Å². The molecule has 1 saturated heterocycles. The molecule has 3 aromatic rings. The first-order valence-electron chi connectivity index (χ1n) is 11.8. The van der Waals surface area contributed by atoms with E-state index in [9.17, 15) is 13.8 Å². The van der Waals surface area contributed by atoms with Crippen molar-refractivity contribution in [3.05, 3.63) is 59.8 Å². The summed E-state index contributed by atoms with van der Waals surface area (Å²) in [7, 11) is 0.789. The quantitative estimate of drug-likeness (QED) is 0.529. The van der Waals surface area contributed by atoms with Crippen molar-refractivity contribution in [1.82, 2.24) is 19.2 Å². The van der Waals surface area contributed by atoms with E-state index in [1.165, 1.54) is 6.92 Å². The molecule has 5 rings (SSSR count). The predicted molar refractivity (Wildman–Crippen MR) is 146 cm³/mol. The Bertz CT molecular complexity index is 1520. The molecule has 2 amide bonds. The van der Waals surface area contributed by atoms with Gasteiger partial charge in [0.05, 0.1) is 33.8 Å². The lowest BCUT2D eigenvalue weighted by Crippen LogP contribution is -2.32. The highest BCUT2D eigenvalue weighted by Crippen LogP contribution is 2.38. The van der Waals surface area contributed by atoms with Crippen molar-refractivity contribution in [3.63, 3.8) is 0 Å². The number of anilines is 5. The lowest BCUT2D eigenvalue weighted by Gasteiger charge is -2.22. The van der Waals surface area contributed by atoms with Gasteiger partial charge in [-0.15, -0.1) is 0 Å². The van der Waals surface area contributed by atoms with E-state index in [0.29, 0.717) is 46.7 Å². The summed E-state index contributed by atoms with van der Waals surface area (Å²) in [6, 6.07) is 12.9. The molecule has 1 fully saturated rings. The van der Waals surface area contributed by atoms with Gasteiger partial charge >= 0.3 is 0 Å². The highest BCUT2D eigenvalue weighted by atomic mass is 32.2. The molecule has 10 nitrogen and oxygen atoms in total. The highest BCUT2D eigenvalue weighted by molar-refractivity contribution is 7.98. The minimum atomic E-state index is -2.79. The minimum Gasteiger partial charge on any atom is -0.328 e. The SMILES string of the molecule is C=S(=O)(c1cccc(Nc2ncc3c(n2)N(C)c2ccc(C)cc2C(=O)N3C)c1)N1CCN(C(C)=O)C1. The van der Waals surface area contributed by atoms with E-state index < -0.39 is 9.71 Å². The van der Waals surface area contributed by atoms with Crippen molar-refractivity contribution in [1.29, 1.82) is 0 Å². The summed E-state index contributed by atoms with van der Waals surface area (Å²) in [4.78, 5) is 39.7. The minimum absolute atomic E-state index is 0.0523. The van der Waals surface area contributed by atoms with Crippen LogP contribution in [0, 0.1) is 6.92 Å². The summed E-state index contributed by atoms with van der Waals surface area (Å²) in [5.41, 5.74) is 3.59. The number of hydrogen-bond donors (Lipinski definition) is 1. The van der Waals surface area contributed by atoms with Gasteiger partial charge in [-0.25, -0.2) is 13.5 Å². The third-order valence-electron chi connectivity index (χ3n) is 6.75. The van der Waals surface area contributed by atoms with Crippen molar-refractivity contribution in [2.24, 2.45) is 0 Å². The van der Waals surface area contributed by atoms with Gasteiger partial charge in [-0.2, -0.15) is 4.98 Å². The topological polar surface area (TPSA) is 102 Å². The van der Waals surface area contributed by atoms with Crippen LogP contribution < -0.4 is 15.1 Å². The largest absolute Gasteiger partial charge is 0.328 e. The van der Waals surface area contributed by atoms with Crippen LogP contribution in [0.4, 0.5) is 28.8 Å². The van der Waals surface area contributed by atoms with Gasteiger partial charge in [0, 0.05) is 44.7 Å². The Morgan fingerprint density at radius 1 is 1.08 bits per heavy atom. The second kappa shape index (κ2) is 9.16. The number of carbonyl (C=O) groups excluding carboxylic acids is 2. The molecule has 37 heavy (non-hydrogen) atoms. The zero-order valence-corrected chi connectivity index (χ0v) is 22.1. The van der Waals surface area contributed by atoms with E-state index in [1.54, 1.807) is 45.5 Å². The van der Waals surface area contributed by atoms with Crippen LogP contribution in [-0.2, 0) is 14.5 Å². The molecular formula is C26H29N7O3S. The first-order chi connectivity index (χ1) is 17.6. The van der Waals surface area contributed by atoms with Crippen LogP contribution in [-0.4, -0.2) is 74.9 Å². The Kier molecular flexibility index (Phi) is 6.12. The molecule has 3 heterocycles. The molecule has 0 spiro atoms. The number of nitrogens with one attached hydrogen (secondary N) is 1. The number of benzene rings is 2. The molecule has 11 heteroatoms. The predicted octanol–water partition coefficient (Wildman–Crippen LogP) is 3.00. The van der Waals surface area contributed by atoms with Crippen molar-refractivity contribution < 1.29 is 13.8 Å². The van der Waals surface area contributed by atoms with Gasteiger partial charge in [-0.05, 0) is 43.1 Å². The summed E-state index contributed by atoms with van der Waals surface area (Å²) in [6.07, 6.45) is 1.62. The van der Waals surface area contributed by atoms with Gasteiger partial charge in [-0.1, -0.05) is 17.7 Å². The van der Waals surface area contributed by atoms with Crippen LogP contribution in [0.15, 0.2) is 53.6 Å². The standard InChI is InChI=1S/C26H29N7O3S/c1-17-9-10-22-21(13-17)25(35)31(4)23-15-27-26(29-24(23)30(22)3)28-19-7-6-8-20(14-19)37(5,36)33-12-11-32(16-33)18(2)34/h6-10,13-15H,5,11-12,16H2,1-4H3,(H,27,28,29). The highest BCUT2D eigenvalue weighted by Gasteiger charge is 2.30. The smallest absolute Gasteiger partial charge is 0.260 e. The van der Waals surface area contributed by atoms with E-state index >= 15 is 0 Å². The average molecular weight is 520 g/mol. The van der Waals surface area contributed by atoms with E-state index in [2.05, 4.69) is 16.2 Å². The van der Waals surface area contributed by atoms with Crippen LogP contribution in [0.1, 0.15) is 22.8 Å². The third kappa shape index (κ3) is 4.40. The maximum absolute atomic E-state index is 13.6. The molecule has 1 unspecified atom stereocenters. The molecule has 2 aromatic carbocycles. The number of carbonyl (C=O) groups is 2. The maximum atomic E-state index is 13.6. The summed E-state index contributed by atoms with van der Waals surface area (Å²) in [5.74, 6) is 4.73. The van der Waals surface area contributed by atoms with Crippen LogP contribution in [0.5, 0.6) is 0 Å². The zero-order chi connectivity index (χ0) is 26.5. The Balaban J connectivity index is 1.44. The summed E-state index contributed by atoms with van der Waals surface area (Å²) in [6.45, 7) is 4.75. The zero-order valence-electron chi connectivity index (χ0n) is 21.3. The number of fused-ring (bicyclic) bond motifs is 2. The number of aryl methyl sites for hydroxylation is 1. The second-order valence-electron chi connectivity index (χ2n) is 9.27. The summed E-state index contributed by atoms with van der Waals surface area (Å²) < 4.78 is 15.3. The van der Waals surface area contributed by atoms with Crippen LogP contribution in [0.2, 0.25) is 0 Å². The molecular weight excluding hydrogens is 490 g/mol. The molecule has 1 aromatic heterocycles. The lowest BCUT2D eigenvalue weighted by molar-refractivity contribution is -0.128. The molecule has 0 aliphatic carbocycles. The first-order valence-corrected chi connectivity index (χ1v) is 13.5. The van der Waals surface area contributed by atoms with E-state index in [-0.39, 0.29) is 18.5 Å². The molecule has 0 saturated carbocycles. The third-order valence-corrected chi connectivity index (χ3v) is 8.87. The molecule has 2 aliphatic rings. The van der Waals surface area contributed by atoms with Crippen molar-refractivity contribution in [2.75, 3.05) is 49.0 Å². The Morgan fingerprint density at radius 3 is 2.59 bits per heavy atom. The fraction of sp³-hybridized carbons (Fsp3) is 0.269. The average Bonchev–Trinajstić information content (AvgIpc) is 3.37. The van der Waals surface area contributed by atoms with Crippen molar-refractivity contribution in [2.45, 2.75) is 18.7 Å². The van der Waals surface area contributed by atoms with Gasteiger partial charge in [0.2, 0.25) is 11.9 Å². The Morgan fingerprint density at radius 2 is 1.86 bits per heavy atom.